The molecule has 0 atom stereocenters. The van der Waals surface area contributed by atoms with Crippen LogP contribution < -0.4 is 5.32 Å². The molecule has 1 aliphatic heterocycles. The molecule has 1 N–H and O–H groups in total. The summed E-state index contributed by atoms with van der Waals surface area (Å²) in [4.78, 5) is 14.0. The minimum Gasteiger partial charge on any atom is -0.342 e. The fourth-order valence-electron chi connectivity index (χ4n) is 2.63. The van der Waals surface area contributed by atoms with E-state index in [9.17, 15) is 4.79 Å². The van der Waals surface area contributed by atoms with Crippen LogP contribution in [0.25, 0.3) is 0 Å². The van der Waals surface area contributed by atoms with Crippen LogP contribution in [0.1, 0.15) is 39.5 Å². The highest BCUT2D eigenvalue weighted by molar-refractivity contribution is 5.78. The molecule has 3 heteroatoms. The fourth-order valence-corrected chi connectivity index (χ4v) is 2.63. The predicted molar refractivity (Wildman–Crippen MR) is 69.7 cm³/mol. The zero-order chi connectivity index (χ0) is 12.3. The molecular formula is C14H26N2O. The first-order valence-corrected chi connectivity index (χ1v) is 7.15. The Morgan fingerprint density at radius 2 is 1.88 bits per heavy atom. The molecule has 2 fully saturated rings. The van der Waals surface area contributed by atoms with E-state index in [2.05, 4.69) is 19.2 Å². The van der Waals surface area contributed by atoms with Gasteiger partial charge in [0.05, 0.1) is 6.54 Å². The number of nitrogens with one attached hydrogen (secondary N) is 1. The van der Waals surface area contributed by atoms with Crippen molar-refractivity contribution >= 4 is 5.91 Å². The highest BCUT2D eigenvalue weighted by Gasteiger charge is 2.25. The topological polar surface area (TPSA) is 32.3 Å². The van der Waals surface area contributed by atoms with Crippen LogP contribution in [-0.4, -0.2) is 37.0 Å². The number of carbonyl (C=O) groups excluding carboxylic acids is 1. The van der Waals surface area contributed by atoms with Gasteiger partial charge in [-0.15, -0.1) is 0 Å². The molecule has 0 aromatic heterocycles. The van der Waals surface area contributed by atoms with Gasteiger partial charge in [-0.2, -0.15) is 0 Å². The molecule has 0 spiro atoms. The van der Waals surface area contributed by atoms with Crippen molar-refractivity contribution in [2.24, 2.45) is 17.8 Å². The summed E-state index contributed by atoms with van der Waals surface area (Å²) >= 11 is 0. The molecule has 2 rings (SSSR count). The highest BCUT2D eigenvalue weighted by atomic mass is 16.2. The minimum atomic E-state index is 0.299. The van der Waals surface area contributed by atoms with Crippen LogP contribution >= 0.6 is 0 Å². The van der Waals surface area contributed by atoms with E-state index in [-0.39, 0.29) is 0 Å². The highest BCUT2D eigenvalue weighted by Crippen LogP contribution is 2.27. The summed E-state index contributed by atoms with van der Waals surface area (Å²) in [5.41, 5.74) is 0. The lowest BCUT2D eigenvalue weighted by molar-refractivity contribution is -0.131. The van der Waals surface area contributed by atoms with Crippen LogP contribution in [0, 0.1) is 17.8 Å². The van der Waals surface area contributed by atoms with Gasteiger partial charge in [-0.05, 0) is 50.0 Å². The fraction of sp³-hybridized carbons (Fsp3) is 0.929. The third-order valence-electron chi connectivity index (χ3n) is 4.24. The molecule has 3 nitrogen and oxygen atoms in total. The Balaban J connectivity index is 1.62. The second kappa shape index (κ2) is 5.85. The van der Waals surface area contributed by atoms with E-state index in [1.165, 1.54) is 25.7 Å². The van der Waals surface area contributed by atoms with Crippen molar-refractivity contribution in [2.45, 2.75) is 39.5 Å². The lowest BCUT2D eigenvalue weighted by Gasteiger charge is -2.34. The van der Waals surface area contributed by atoms with Gasteiger partial charge in [0.2, 0.25) is 5.91 Å². The molecular weight excluding hydrogens is 212 g/mol. The van der Waals surface area contributed by atoms with Crippen molar-refractivity contribution in [3.05, 3.63) is 0 Å². The van der Waals surface area contributed by atoms with Gasteiger partial charge < -0.3 is 10.2 Å². The van der Waals surface area contributed by atoms with Gasteiger partial charge in [-0.1, -0.05) is 13.8 Å². The number of rotatable bonds is 5. The molecule has 0 aromatic carbocycles. The quantitative estimate of drug-likeness (QED) is 0.793. The van der Waals surface area contributed by atoms with Gasteiger partial charge in [0.25, 0.3) is 0 Å². The molecule has 98 valence electrons. The molecule has 1 saturated heterocycles. The van der Waals surface area contributed by atoms with Crippen LogP contribution in [0.3, 0.4) is 0 Å². The number of hydrogen-bond acceptors (Lipinski definition) is 2. The maximum Gasteiger partial charge on any atom is 0.236 e. The van der Waals surface area contributed by atoms with Crippen LogP contribution in [0.4, 0.5) is 0 Å². The Kier molecular flexibility index (Phi) is 4.43. The van der Waals surface area contributed by atoms with E-state index in [1.807, 2.05) is 4.90 Å². The van der Waals surface area contributed by atoms with E-state index in [0.717, 1.165) is 37.4 Å². The van der Waals surface area contributed by atoms with E-state index in [1.54, 1.807) is 0 Å². The molecule has 0 bridgehead atoms. The summed E-state index contributed by atoms with van der Waals surface area (Å²) < 4.78 is 0. The first kappa shape index (κ1) is 12.9. The molecule has 1 amide bonds. The Morgan fingerprint density at radius 1 is 1.24 bits per heavy atom. The first-order chi connectivity index (χ1) is 8.16. The number of piperidine rings is 1. The first-order valence-electron chi connectivity index (χ1n) is 7.15. The van der Waals surface area contributed by atoms with Crippen molar-refractivity contribution in [1.29, 1.82) is 0 Å². The van der Waals surface area contributed by atoms with Crippen LogP contribution in [0.5, 0.6) is 0 Å². The monoisotopic (exact) mass is 238 g/mol. The maximum absolute atomic E-state index is 11.9. The van der Waals surface area contributed by atoms with Crippen molar-refractivity contribution < 1.29 is 4.79 Å². The van der Waals surface area contributed by atoms with Crippen LogP contribution in [-0.2, 0) is 4.79 Å². The Hall–Kier alpha value is -0.570. The smallest absolute Gasteiger partial charge is 0.236 e. The van der Waals surface area contributed by atoms with E-state index < -0.39 is 0 Å². The van der Waals surface area contributed by atoms with Crippen molar-refractivity contribution in [3.63, 3.8) is 0 Å². The van der Waals surface area contributed by atoms with Crippen LogP contribution in [0.2, 0.25) is 0 Å². The SMILES string of the molecule is CC(C)C1CCN(C(=O)CNCC2CC2)CC1. The van der Waals surface area contributed by atoms with Gasteiger partial charge in [0, 0.05) is 13.1 Å². The maximum atomic E-state index is 11.9. The van der Waals surface area contributed by atoms with E-state index in [4.69, 9.17) is 0 Å². The average molecular weight is 238 g/mol. The minimum absolute atomic E-state index is 0.299. The molecule has 0 aromatic rings. The predicted octanol–water partition coefficient (Wildman–Crippen LogP) is 1.88. The Labute approximate surface area is 105 Å². The van der Waals surface area contributed by atoms with Gasteiger partial charge in [0.15, 0.2) is 0 Å². The van der Waals surface area contributed by atoms with Crippen molar-refractivity contribution in [3.8, 4) is 0 Å². The summed E-state index contributed by atoms with van der Waals surface area (Å²) in [5.74, 6) is 2.74. The van der Waals surface area contributed by atoms with Gasteiger partial charge in [-0.3, -0.25) is 4.79 Å². The number of likely N-dealkylation sites (tertiary alicyclic amines) is 1. The van der Waals surface area contributed by atoms with E-state index in [0.29, 0.717) is 12.5 Å². The molecule has 17 heavy (non-hydrogen) atoms. The van der Waals surface area contributed by atoms with Gasteiger partial charge >= 0.3 is 0 Å². The summed E-state index contributed by atoms with van der Waals surface area (Å²) in [6, 6.07) is 0. The third kappa shape index (κ3) is 3.98. The van der Waals surface area contributed by atoms with Gasteiger partial charge in [0.1, 0.15) is 0 Å². The molecule has 1 heterocycles. The third-order valence-corrected chi connectivity index (χ3v) is 4.24. The average Bonchev–Trinajstić information content (AvgIpc) is 3.13. The second-order valence-electron chi connectivity index (χ2n) is 6.04. The normalized spacial score (nSPS) is 22.2. The largest absolute Gasteiger partial charge is 0.342 e. The summed E-state index contributed by atoms with van der Waals surface area (Å²) in [5, 5.41) is 3.29. The zero-order valence-corrected chi connectivity index (χ0v) is 11.2. The molecule has 2 aliphatic rings. The molecule has 0 unspecified atom stereocenters. The Bertz CT molecular complexity index is 253. The van der Waals surface area contributed by atoms with Crippen LogP contribution in [0.15, 0.2) is 0 Å². The van der Waals surface area contributed by atoms with E-state index >= 15 is 0 Å². The number of nitrogens with zero attached hydrogens (tertiary/aromatic N) is 1. The Morgan fingerprint density at radius 3 is 2.41 bits per heavy atom. The lowest BCUT2D eigenvalue weighted by Crippen LogP contribution is -2.43. The zero-order valence-electron chi connectivity index (χ0n) is 11.2. The summed E-state index contributed by atoms with van der Waals surface area (Å²) in [6.45, 7) is 8.09. The van der Waals surface area contributed by atoms with Crippen molar-refractivity contribution in [1.82, 2.24) is 10.2 Å². The summed E-state index contributed by atoms with van der Waals surface area (Å²) in [7, 11) is 0. The number of amides is 1. The number of hydrogen-bond donors (Lipinski definition) is 1. The summed E-state index contributed by atoms with van der Waals surface area (Å²) in [6.07, 6.45) is 5.07. The molecule has 1 aliphatic carbocycles. The standard InChI is InChI=1S/C14H26N2O/c1-11(2)13-5-7-16(8-6-13)14(17)10-15-9-12-3-4-12/h11-13,15H,3-10H2,1-2H3. The second-order valence-corrected chi connectivity index (χ2v) is 6.04. The molecule has 1 saturated carbocycles. The lowest BCUT2D eigenvalue weighted by atomic mass is 9.87. The van der Waals surface area contributed by atoms with Gasteiger partial charge in [-0.25, -0.2) is 0 Å². The number of carbonyl (C=O) groups is 1. The molecule has 0 radical (unpaired) electrons. The van der Waals surface area contributed by atoms with Crippen molar-refractivity contribution in [2.75, 3.05) is 26.2 Å².